The zero-order valence-corrected chi connectivity index (χ0v) is 17.4. The van der Waals surface area contributed by atoms with Crippen LogP contribution in [0.25, 0.3) is 0 Å². The second-order valence-corrected chi connectivity index (χ2v) is 8.75. The summed E-state index contributed by atoms with van der Waals surface area (Å²) < 4.78 is 0. The number of piperidine rings is 2. The minimum atomic E-state index is 0.0628. The van der Waals surface area contributed by atoms with Gasteiger partial charge in [-0.15, -0.1) is 0 Å². The number of carbonyl (C=O) groups is 2. The van der Waals surface area contributed by atoms with Crippen molar-refractivity contribution < 1.29 is 9.59 Å². The average molecular weight is 399 g/mol. The van der Waals surface area contributed by atoms with Crippen molar-refractivity contribution >= 4 is 11.8 Å². The molecule has 0 aromatic heterocycles. The summed E-state index contributed by atoms with van der Waals surface area (Å²) in [5, 5.41) is 2.87. The third kappa shape index (κ3) is 5.37. The van der Waals surface area contributed by atoms with Crippen molar-refractivity contribution in [3.05, 3.63) is 35.9 Å². The summed E-state index contributed by atoms with van der Waals surface area (Å²) in [4.78, 5) is 31.7. The van der Waals surface area contributed by atoms with Crippen molar-refractivity contribution in [1.29, 1.82) is 0 Å². The van der Waals surface area contributed by atoms with Crippen molar-refractivity contribution in [3.8, 4) is 0 Å². The lowest BCUT2D eigenvalue weighted by atomic mass is 9.92. The molecule has 0 saturated carbocycles. The van der Waals surface area contributed by atoms with Crippen LogP contribution in [-0.4, -0.2) is 78.4 Å². The van der Waals surface area contributed by atoms with Gasteiger partial charge in [-0.1, -0.05) is 30.3 Å². The second kappa shape index (κ2) is 9.72. The Morgan fingerprint density at radius 3 is 2.59 bits per heavy atom. The van der Waals surface area contributed by atoms with Gasteiger partial charge < -0.3 is 10.2 Å². The highest BCUT2D eigenvalue weighted by Crippen LogP contribution is 2.26. The van der Waals surface area contributed by atoms with Gasteiger partial charge in [0.2, 0.25) is 11.8 Å². The molecular formula is C23H34N4O2. The molecule has 1 aromatic carbocycles. The maximum atomic E-state index is 13.0. The van der Waals surface area contributed by atoms with Crippen LogP contribution >= 0.6 is 0 Å². The Hall–Kier alpha value is -1.92. The molecule has 0 aliphatic carbocycles. The highest BCUT2D eigenvalue weighted by Gasteiger charge is 2.33. The number of nitrogens with one attached hydrogen (secondary N) is 1. The largest absolute Gasteiger partial charge is 0.354 e. The van der Waals surface area contributed by atoms with Crippen molar-refractivity contribution in [3.63, 3.8) is 0 Å². The topological polar surface area (TPSA) is 55.9 Å². The smallest absolute Gasteiger partial charge is 0.227 e. The van der Waals surface area contributed by atoms with Crippen LogP contribution in [0.2, 0.25) is 0 Å². The normalized spacial score (nSPS) is 25.4. The summed E-state index contributed by atoms with van der Waals surface area (Å²) in [6, 6.07) is 11.3. The molecule has 0 radical (unpaired) electrons. The minimum absolute atomic E-state index is 0.0628. The van der Waals surface area contributed by atoms with Gasteiger partial charge in [0.25, 0.3) is 0 Å². The van der Waals surface area contributed by atoms with Gasteiger partial charge in [0.15, 0.2) is 0 Å². The molecule has 3 fully saturated rings. The summed E-state index contributed by atoms with van der Waals surface area (Å²) in [7, 11) is 0. The summed E-state index contributed by atoms with van der Waals surface area (Å²) in [5.74, 6) is 0.417. The number of likely N-dealkylation sites (tertiary alicyclic amines) is 2. The van der Waals surface area contributed by atoms with Crippen molar-refractivity contribution in [2.75, 3.05) is 45.8 Å². The number of nitrogens with zero attached hydrogens (tertiary/aromatic N) is 3. The van der Waals surface area contributed by atoms with Crippen molar-refractivity contribution in [1.82, 2.24) is 20.0 Å². The SMILES string of the molecule is O=C1CCN(C(=O)C2CCCN(C3CCN(Cc4ccccc4)CC3)C2)CCN1. The molecule has 29 heavy (non-hydrogen) atoms. The molecule has 0 spiro atoms. The fourth-order valence-corrected chi connectivity index (χ4v) is 5.07. The van der Waals surface area contributed by atoms with E-state index in [9.17, 15) is 9.59 Å². The van der Waals surface area contributed by atoms with Gasteiger partial charge in [0, 0.05) is 45.2 Å². The van der Waals surface area contributed by atoms with E-state index < -0.39 is 0 Å². The van der Waals surface area contributed by atoms with Gasteiger partial charge in [0.1, 0.15) is 0 Å². The van der Waals surface area contributed by atoms with E-state index in [4.69, 9.17) is 0 Å². The van der Waals surface area contributed by atoms with Crippen LogP contribution in [0.4, 0.5) is 0 Å². The molecule has 3 aliphatic heterocycles. The van der Waals surface area contributed by atoms with Crippen LogP contribution in [0.5, 0.6) is 0 Å². The zero-order chi connectivity index (χ0) is 20.1. The third-order valence-electron chi connectivity index (χ3n) is 6.75. The van der Waals surface area contributed by atoms with Crippen LogP contribution < -0.4 is 5.32 Å². The standard InChI is InChI=1S/C23H34N4O2/c28-22-10-15-26(16-11-24-22)23(29)20-7-4-12-27(18-20)21-8-13-25(14-9-21)17-19-5-2-1-3-6-19/h1-3,5-6,20-21H,4,7-18H2,(H,24,28). The first-order valence-electron chi connectivity index (χ1n) is 11.2. The van der Waals surface area contributed by atoms with E-state index in [1.54, 1.807) is 0 Å². The van der Waals surface area contributed by atoms with Crippen LogP contribution in [0.15, 0.2) is 30.3 Å². The molecule has 1 aromatic rings. The Labute approximate surface area is 174 Å². The predicted molar refractivity (Wildman–Crippen MR) is 113 cm³/mol. The van der Waals surface area contributed by atoms with Gasteiger partial charge in [-0.3, -0.25) is 19.4 Å². The lowest BCUT2D eigenvalue weighted by molar-refractivity contribution is -0.137. The maximum Gasteiger partial charge on any atom is 0.227 e. The number of rotatable bonds is 4. The Morgan fingerprint density at radius 2 is 1.79 bits per heavy atom. The number of carbonyl (C=O) groups excluding carboxylic acids is 2. The van der Waals surface area contributed by atoms with Gasteiger partial charge in [-0.05, 0) is 50.9 Å². The summed E-state index contributed by atoms with van der Waals surface area (Å²) in [6.45, 7) is 7.12. The maximum absolute atomic E-state index is 13.0. The Morgan fingerprint density at radius 1 is 1.00 bits per heavy atom. The summed E-state index contributed by atoms with van der Waals surface area (Å²) in [6.07, 6.45) is 4.90. The number of hydrogen-bond donors (Lipinski definition) is 1. The molecule has 6 heteroatoms. The number of benzene rings is 1. The molecule has 158 valence electrons. The number of hydrogen-bond acceptors (Lipinski definition) is 4. The minimum Gasteiger partial charge on any atom is -0.354 e. The second-order valence-electron chi connectivity index (χ2n) is 8.75. The molecule has 1 N–H and O–H groups in total. The molecule has 2 amide bonds. The van der Waals surface area contributed by atoms with Crippen LogP contribution in [0.1, 0.15) is 37.7 Å². The van der Waals surface area contributed by atoms with Crippen molar-refractivity contribution in [2.24, 2.45) is 5.92 Å². The van der Waals surface area contributed by atoms with Gasteiger partial charge in [-0.2, -0.15) is 0 Å². The molecule has 3 aliphatic rings. The van der Waals surface area contributed by atoms with Crippen LogP contribution in [0.3, 0.4) is 0 Å². The monoisotopic (exact) mass is 398 g/mol. The lowest BCUT2D eigenvalue weighted by Crippen LogP contribution is -2.51. The molecule has 3 heterocycles. The number of amides is 2. The highest BCUT2D eigenvalue weighted by atomic mass is 16.2. The Balaban J connectivity index is 1.26. The van der Waals surface area contributed by atoms with E-state index in [2.05, 4.69) is 45.4 Å². The van der Waals surface area contributed by atoms with E-state index in [0.29, 0.717) is 32.1 Å². The molecule has 1 unspecified atom stereocenters. The van der Waals surface area contributed by atoms with Gasteiger partial charge >= 0.3 is 0 Å². The Bertz CT molecular complexity index is 687. The summed E-state index contributed by atoms with van der Waals surface area (Å²) >= 11 is 0. The van der Waals surface area contributed by atoms with Crippen LogP contribution in [0, 0.1) is 5.92 Å². The first kappa shape index (κ1) is 20.4. The molecule has 4 rings (SSSR count). The van der Waals surface area contributed by atoms with E-state index >= 15 is 0 Å². The Kier molecular flexibility index (Phi) is 6.82. The van der Waals surface area contributed by atoms with E-state index in [0.717, 1.165) is 45.6 Å². The fourth-order valence-electron chi connectivity index (χ4n) is 5.07. The quantitative estimate of drug-likeness (QED) is 0.839. The van der Waals surface area contributed by atoms with Gasteiger partial charge in [-0.25, -0.2) is 0 Å². The molecular weight excluding hydrogens is 364 g/mol. The first-order valence-corrected chi connectivity index (χ1v) is 11.2. The first-order chi connectivity index (χ1) is 14.2. The van der Waals surface area contributed by atoms with E-state index in [1.165, 1.54) is 18.4 Å². The lowest BCUT2D eigenvalue weighted by Gasteiger charge is -2.42. The molecule has 1 atom stereocenters. The average Bonchev–Trinajstić information content (AvgIpc) is 2.99. The van der Waals surface area contributed by atoms with Gasteiger partial charge in [0.05, 0.1) is 5.92 Å². The molecule has 3 saturated heterocycles. The predicted octanol–water partition coefficient (Wildman–Crippen LogP) is 1.71. The zero-order valence-electron chi connectivity index (χ0n) is 17.4. The summed E-state index contributed by atoms with van der Waals surface area (Å²) in [5.41, 5.74) is 1.39. The molecule has 0 bridgehead atoms. The van der Waals surface area contributed by atoms with E-state index in [1.807, 2.05) is 4.90 Å². The van der Waals surface area contributed by atoms with Crippen molar-refractivity contribution in [2.45, 2.75) is 44.7 Å². The highest BCUT2D eigenvalue weighted by molar-refractivity contribution is 5.81. The van der Waals surface area contributed by atoms with Crippen LogP contribution in [-0.2, 0) is 16.1 Å². The van der Waals surface area contributed by atoms with E-state index in [-0.39, 0.29) is 17.7 Å². The third-order valence-corrected chi connectivity index (χ3v) is 6.75. The molecule has 6 nitrogen and oxygen atoms in total. The fraction of sp³-hybridized carbons (Fsp3) is 0.652.